The zero-order valence-corrected chi connectivity index (χ0v) is 12.2. The highest BCUT2D eigenvalue weighted by Gasteiger charge is 2.19. The zero-order chi connectivity index (χ0) is 14.5. The number of nitrogens with zero attached hydrogens (tertiary/aromatic N) is 2. The lowest BCUT2D eigenvalue weighted by Gasteiger charge is -2.21. The van der Waals surface area contributed by atoms with Crippen LogP contribution in [0.25, 0.3) is 0 Å². The summed E-state index contributed by atoms with van der Waals surface area (Å²) in [5.74, 6) is 0.476. The first kappa shape index (κ1) is 14.3. The van der Waals surface area contributed by atoms with Crippen LogP contribution >= 0.6 is 11.6 Å². The Morgan fingerprint density at radius 2 is 2.05 bits per heavy atom. The molecule has 104 valence electrons. The molecule has 1 amide bonds. The van der Waals surface area contributed by atoms with Crippen LogP contribution in [0.3, 0.4) is 0 Å². The van der Waals surface area contributed by atoms with Crippen LogP contribution in [0.4, 0.5) is 11.5 Å². The molecule has 0 saturated heterocycles. The molecule has 1 N–H and O–H groups in total. The molecule has 0 fully saturated rings. The fraction of sp³-hybridized carbons (Fsp3) is 0.200. The predicted octanol–water partition coefficient (Wildman–Crippen LogP) is 3.44. The first-order chi connectivity index (χ1) is 9.67. The normalized spacial score (nSPS) is 10.2. The molecule has 0 aliphatic rings. The molecular weight excluding hydrogens is 274 g/mol. The number of benzene rings is 1. The number of rotatable bonds is 4. The predicted molar refractivity (Wildman–Crippen MR) is 82.6 cm³/mol. The molecule has 0 atom stereocenters. The summed E-state index contributed by atoms with van der Waals surface area (Å²) in [6.45, 7) is 2.50. The summed E-state index contributed by atoms with van der Waals surface area (Å²) in [7, 11) is 1.75. The first-order valence-electron chi connectivity index (χ1n) is 6.37. The van der Waals surface area contributed by atoms with Crippen molar-refractivity contribution in [3.05, 3.63) is 53.2 Å². The van der Waals surface area contributed by atoms with Crippen molar-refractivity contribution in [1.29, 1.82) is 0 Å². The lowest BCUT2D eigenvalue weighted by atomic mass is 10.2. The van der Waals surface area contributed by atoms with Crippen LogP contribution in [0.1, 0.15) is 17.3 Å². The molecule has 20 heavy (non-hydrogen) atoms. The van der Waals surface area contributed by atoms with E-state index in [0.29, 0.717) is 22.9 Å². The minimum absolute atomic E-state index is 0.136. The van der Waals surface area contributed by atoms with Gasteiger partial charge in [0.2, 0.25) is 0 Å². The molecule has 0 aliphatic heterocycles. The van der Waals surface area contributed by atoms with E-state index in [-0.39, 0.29) is 5.91 Å². The smallest absolute Gasteiger partial charge is 0.259 e. The van der Waals surface area contributed by atoms with Gasteiger partial charge in [0.05, 0.1) is 10.6 Å². The van der Waals surface area contributed by atoms with E-state index in [9.17, 15) is 4.79 Å². The van der Waals surface area contributed by atoms with Gasteiger partial charge in [0.15, 0.2) is 0 Å². The molecule has 0 radical (unpaired) electrons. The maximum absolute atomic E-state index is 12.7. The van der Waals surface area contributed by atoms with E-state index >= 15 is 0 Å². The summed E-state index contributed by atoms with van der Waals surface area (Å²) < 4.78 is 0. The van der Waals surface area contributed by atoms with Gasteiger partial charge in [-0.05, 0) is 25.1 Å². The average Bonchev–Trinajstić information content (AvgIpc) is 2.49. The van der Waals surface area contributed by atoms with Crippen molar-refractivity contribution in [2.45, 2.75) is 6.92 Å². The van der Waals surface area contributed by atoms with E-state index in [1.165, 1.54) is 6.20 Å². The highest BCUT2D eigenvalue weighted by atomic mass is 35.5. The molecular formula is C15H16ClN3O. The fourth-order valence-electron chi connectivity index (χ4n) is 1.94. The lowest BCUT2D eigenvalue weighted by molar-refractivity contribution is 0.0988. The number of hydrogen-bond acceptors (Lipinski definition) is 3. The number of aromatic nitrogens is 1. The molecule has 2 aromatic rings. The summed E-state index contributed by atoms with van der Waals surface area (Å²) in [5, 5.41) is 3.26. The highest BCUT2D eigenvalue weighted by molar-refractivity contribution is 6.34. The number of carbonyl (C=O) groups excluding carboxylic acids is 1. The molecule has 0 saturated carbocycles. The number of hydrogen-bond donors (Lipinski definition) is 1. The third kappa shape index (κ3) is 2.91. The molecule has 2 rings (SSSR count). The van der Waals surface area contributed by atoms with Gasteiger partial charge in [0.1, 0.15) is 5.82 Å². The molecule has 0 spiro atoms. The minimum atomic E-state index is -0.136. The summed E-state index contributed by atoms with van der Waals surface area (Å²) >= 11 is 6.10. The van der Waals surface area contributed by atoms with Gasteiger partial charge >= 0.3 is 0 Å². The largest absolute Gasteiger partial charge is 0.373 e. The van der Waals surface area contributed by atoms with Gasteiger partial charge < -0.3 is 10.2 Å². The van der Waals surface area contributed by atoms with Crippen molar-refractivity contribution in [3.8, 4) is 0 Å². The monoisotopic (exact) mass is 289 g/mol. The molecule has 1 aromatic heterocycles. The van der Waals surface area contributed by atoms with Crippen molar-refractivity contribution in [2.24, 2.45) is 0 Å². The quantitative estimate of drug-likeness (QED) is 0.938. The van der Waals surface area contributed by atoms with Crippen LogP contribution in [0.5, 0.6) is 0 Å². The summed E-state index contributed by atoms with van der Waals surface area (Å²) in [4.78, 5) is 18.4. The van der Waals surface area contributed by atoms with Crippen molar-refractivity contribution in [1.82, 2.24) is 4.98 Å². The molecule has 0 aliphatic carbocycles. The SMILES string of the molecule is CCN(C(=O)c1cc(NC)ncc1Cl)c1ccccc1. The third-order valence-electron chi connectivity index (χ3n) is 2.97. The van der Waals surface area contributed by atoms with E-state index in [2.05, 4.69) is 10.3 Å². The standard InChI is InChI=1S/C15H16ClN3O/c1-3-19(11-7-5-4-6-8-11)15(20)12-9-14(17-2)18-10-13(12)16/h4-10H,3H2,1-2H3,(H,17,18). The molecule has 1 heterocycles. The second-order valence-corrected chi connectivity index (χ2v) is 4.59. The first-order valence-corrected chi connectivity index (χ1v) is 6.75. The van der Waals surface area contributed by atoms with Crippen molar-refractivity contribution in [2.75, 3.05) is 23.8 Å². The number of para-hydroxylation sites is 1. The van der Waals surface area contributed by atoms with Crippen LogP contribution in [-0.4, -0.2) is 24.5 Å². The Bertz CT molecular complexity index is 601. The molecule has 1 aromatic carbocycles. The van der Waals surface area contributed by atoms with Crippen LogP contribution in [0.15, 0.2) is 42.6 Å². The van der Waals surface area contributed by atoms with Crippen molar-refractivity contribution < 1.29 is 4.79 Å². The van der Waals surface area contributed by atoms with Crippen molar-refractivity contribution in [3.63, 3.8) is 0 Å². The Morgan fingerprint density at radius 1 is 1.35 bits per heavy atom. The Balaban J connectivity index is 2.39. The number of halogens is 1. The fourth-order valence-corrected chi connectivity index (χ4v) is 2.12. The van der Waals surface area contributed by atoms with Crippen LogP contribution < -0.4 is 10.2 Å². The number of pyridine rings is 1. The number of carbonyl (C=O) groups is 1. The lowest BCUT2D eigenvalue weighted by Crippen LogP contribution is -2.30. The van der Waals surface area contributed by atoms with Crippen molar-refractivity contribution >= 4 is 29.0 Å². The Labute approximate surface area is 123 Å². The van der Waals surface area contributed by atoms with Crippen LogP contribution in [0.2, 0.25) is 5.02 Å². The number of anilines is 2. The van der Waals surface area contributed by atoms with Gasteiger partial charge in [0.25, 0.3) is 5.91 Å². The van der Waals surface area contributed by atoms with Crippen LogP contribution in [-0.2, 0) is 0 Å². The van der Waals surface area contributed by atoms with E-state index in [0.717, 1.165) is 5.69 Å². The Hall–Kier alpha value is -2.07. The molecule has 4 nitrogen and oxygen atoms in total. The average molecular weight is 290 g/mol. The minimum Gasteiger partial charge on any atom is -0.373 e. The maximum Gasteiger partial charge on any atom is 0.259 e. The number of nitrogens with one attached hydrogen (secondary N) is 1. The van der Waals surface area contributed by atoms with Gasteiger partial charge in [-0.1, -0.05) is 29.8 Å². The molecule has 5 heteroatoms. The maximum atomic E-state index is 12.7. The third-order valence-corrected chi connectivity index (χ3v) is 3.27. The zero-order valence-electron chi connectivity index (χ0n) is 11.4. The topological polar surface area (TPSA) is 45.2 Å². The molecule has 0 bridgehead atoms. The van der Waals surface area contributed by atoms with Gasteiger partial charge in [-0.25, -0.2) is 4.98 Å². The van der Waals surface area contributed by atoms with Gasteiger partial charge in [0, 0.05) is 25.5 Å². The second-order valence-electron chi connectivity index (χ2n) is 4.18. The van der Waals surface area contributed by atoms with Gasteiger partial charge in [-0.3, -0.25) is 4.79 Å². The van der Waals surface area contributed by atoms with E-state index in [1.807, 2.05) is 37.3 Å². The molecule has 0 unspecified atom stereocenters. The number of amides is 1. The van der Waals surface area contributed by atoms with Gasteiger partial charge in [-0.2, -0.15) is 0 Å². The Morgan fingerprint density at radius 3 is 2.65 bits per heavy atom. The highest BCUT2D eigenvalue weighted by Crippen LogP contribution is 2.23. The van der Waals surface area contributed by atoms with E-state index in [1.54, 1.807) is 18.0 Å². The second kappa shape index (κ2) is 6.39. The van der Waals surface area contributed by atoms with Crippen LogP contribution in [0, 0.1) is 0 Å². The summed E-state index contributed by atoms with van der Waals surface area (Å²) in [6, 6.07) is 11.2. The van der Waals surface area contributed by atoms with E-state index in [4.69, 9.17) is 11.6 Å². The summed E-state index contributed by atoms with van der Waals surface area (Å²) in [6.07, 6.45) is 1.49. The van der Waals surface area contributed by atoms with Gasteiger partial charge in [-0.15, -0.1) is 0 Å². The Kier molecular flexibility index (Phi) is 4.58. The van der Waals surface area contributed by atoms with E-state index < -0.39 is 0 Å². The summed E-state index contributed by atoms with van der Waals surface area (Å²) in [5.41, 5.74) is 1.29.